The molecule has 4 rings (SSSR count). The minimum atomic E-state index is -1.98. The monoisotopic (exact) mass is 518 g/mol. The quantitative estimate of drug-likeness (QED) is 0.276. The van der Waals surface area contributed by atoms with Gasteiger partial charge in [0.15, 0.2) is 5.78 Å². The van der Waals surface area contributed by atoms with Gasteiger partial charge in [-0.1, -0.05) is 38.1 Å². The van der Waals surface area contributed by atoms with Crippen LogP contribution in [0, 0.1) is 16.7 Å². The van der Waals surface area contributed by atoms with E-state index in [0.717, 1.165) is 0 Å². The molecule has 204 valence electrons. The lowest BCUT2D eigenvalue weighted by molar-refractivity contribution is -0.341. The van der Waals surface area contributed by atoms with Gasteiger partial charge in [0.1, 0.15) is 23.4 Å². The van der Waals surface area contributed by atoms with E-state index in [4.69, 9.17) is 9.47 Å². The number of Topliss-reactive ketones (excluding diaryl/α,β-unsaturated/α-hetero) is 1. The van der Waals surface area contributed by atoms with Crippen molar-refractivity contribution in [1.82, 2.24) is 0 Å². The molecule has 1 aliphatic heterocycles. The molecule has 1 saturated carbocycles. The Kier molecular flexibility index (Phi) is 6.97. The summed E-state index contributed by atoms with van der Waals surface area (Å²) >= 11 is 0. The van der Waals surface area contributed by atoms with Gasteiger partial charge in [0, 0.05) is 24.2 Å². The van der Waals surface area contributed by atoms with Crippen LogP contribution < -0.4 is 0 Å². The zero-order chi connectivity index (χ0) is 27.6. The first-order chi connectivity index (χ1) is 17.1. The van der Waals surface area contributed by atoms with Crippen molar-refractivity contribution in [3.05, 3.63) is 47.5 Å². The fraction of sp³-hybridized carbons (Fsp3) is 0.643. The number of ether oxygens (including phenoxy) is 2. The molecule has 0 bridgehead atoms. The number of fused-ring (bicyclic) bond motifs is 1. The highest BCUT2D eigenvalue weighted by Crippen LogP contribution is 2.59. The van der Waals surface area contributed by atoms with Crippen LogP contribution in [0.2, 0.25) is 0 Å². The number of rotatable bonds is 6. The molecule has 0 aromatic heterocycles. The lowest BCUT2D eigenvalue weighted by Crippen LogP contribution is -2.79. The summed E-state index contributed by atoms with van der Waals surface area (Å²) in [5.41, 5.74) is -5.84. The Balaban J connectivity index is 1.94. The highest BCUT2D eigenvalue weighted by Gasteiger charge is 2.73. The van der Waals surface area contributed by atoms with E-state index in [1.165, 1.54) is 26.0 Å². The second kappa shape index (κ2) is 9.25. The minimum absolute atomic E-state index is 0.0786. The Morgan fingerprint density at radius 2 is 1.73 bits per heavy atom. The van der Waals surface area contributed by atoms with Crippen molar-refractivity contribution < 1.29 is 44.6 Å². The summed E-state index contributed by atoms with van der Waals surface area (Å²) in [4.78, 5) is 27.0. The normalized spacial score (nSPS) is 40.4. The molecular weight excluding hydrogens is 480 g/mol. The molecule has 1 aromatic carbocycles. The predicted molar refractivity (Wildman–Crippen MR) is 132 cm³/mol. The van der Waals surface area contributed by atoms with Crippen molar-refractivity contribution in [3.63, 3.8) is 0 Å². The molecule has 2 aliphatic carbocycles. The maximum atomic E-state index is 13.5. The van der Waals surface area contributed by atoms with E-state index in [9.17, 15) is 35.1 Å². The molecule has 37 heavy (non-hydrogen) atoms. The van der Waals surface area contributed by atoms with Crippen molar-refractivity contribution in [2.75, 3.05) is 6.61 Å². The summed E-state index contributed by atoms with van der Waals surface area (Å²) in [7, 11) is 0. The molecule has 1 heterocycles. The number of hydrogen-bond acceptors (Lipinski definition) is 9. The van der Waals surface area contributed by atoms with Crippen LogP contribution in [-0.2, 0) is 14.3 Å². The number of hydrogen-bond donors (Lipinski definition) is 5. The number of ketones is 1. The maximum Gasteiger partial charge on any atom is 0.338 e. The SMILES string of the molecule is CC1=CC(C)(C)[C@](O)([C@@H](OC(=O)c2ccccc2)[C@@H]2[C@]3(O)CO[C@@H]3C[C@H](O)[C@@]2(C)C(=O)[C@@H](C)O)C[C@@H]1O. The first-order valence-corrected chi connectivity index (χ1v) is 12.7. The Labute approximate surface area is 216 Å². The van der Waals surface area contributed by atoms with E-state index < -0.39 is 70.2 Å². The van der Waals surface area contributed by atoms with Gasteiger partial charge in [0.05, 0.1) is 35.9 Å². The molecule has 0 radical (unpaired) electrons. The molecule has 9 nitrogen and oxygen atoms in total. The summed E-state index contributed by atoms with van der Waals surface area (Å²) in [6.07, 6.45) is -5.04. The summed E-state index contributed by atoms with van der Waals surface area (Å²) in [5.74, 6) is -2.93. The van der Waals surface area contributed by atoms with Gasteiger partial charge in [-0.25, -0.2) is 4.79 Å². The van der Waals surface area contributed by atoms with Crippen molar-refractivity contribution in [3.8, 4) is 0 Å². The van der Waals surface area contributed by atoms with E-state index in [2.05, 4.69) is 0 Å². The fourth-order valence-electron chi connectivity index (χ4n) is 6.64. The molecule has 0 amide bonds. The van der Waals surface area contributed by atoms with Gasteiger partial charge in [0.25, 0.3) is 0 Å². The van der Waals surface area contributed by atoms with Crippen LogP contribution in [-0.4, -0.2) is 85.6 Å². The molecule has 1 saturated heterocycles. The van der Waals surface area contributed by atoms with E-state index in [1.807, 2.05) is 0 Å². The molecule has 0 unspecified atom stereocenters. The second-order valence-corrected chi connectivity index (χ2v) is 11.8. The molecule has 3 aliphatic rings. The van der Waals surface area contributed by atoms with Crippen molar-refractivity contribution in [2.45, 2.75) is 89.2 Å². The highest BCUT2D eigenvalue weighted by molar-refractivity contribution is 5.91. The molecule has 9 heteroatoms. The highest BCUT2D eigenvalue weighted by atomic mass is 16.6. The Bertz CT molecular complexity index is 1080. The van der Waals surface area contributed by atoms with Crippen LogP contribution in [0.25, 0.3) is 0 Å². The second-order valence-electron chi connectivity index (χ2n) is 11.8. The van der Waals surface area contributed by atoms with Crippen LogP contribution in [0.5, 0.6) is 0 Å². The third-order valence-electron chi connectivity index (χ3n) is 9.05. The van der Waals surface area contributed by atoms with E-state index in [1.54, 1.807) is 45.0 Å². The Morgan fingerprint density at radius 3 is 2.27 bits per heavy atom. The average Bonchev–Trinajstić information content (AvgIpc) is 2.83. The minimum Gasteiger partial charge on any atom is -0.455 e. The maximum absolute atomic E-state index is 13.5. The lowest BCUT2D eigenvalue weighted by atomic mass is 9.48. The Hall–Kier alpha value is -2.14. The van der Waals surface area contributed by atoms with Gasteiger partial charge in [0.2, 0.25) is 0 Å². The van der Waals surface area contributed by atoms with Gasteiger partial charge in [-0.05, 0) is 38.5 Å². The van der Waals surface area contributed by atoms with Gasteiger partial charge < -0.3 is 35.0 Å². The number of aliphatic hydroxyl groups excluding tert-OH is 3. The zero-order valence-electron chi connectivity index (χ0n) is 21.9. The molecular formula is C28H38O9. The van der Waals surface area contributed by atoms with Gasteiger partial charge >= 0.3 is 5.97 Å². The first-order valence-electron chi connectivity index (χ1n) is 12.7. The van der Waals surface area contributed by atoms with E-state index in [0.29, 0.717) is 5.57 Å². The molecule has 9 atom stereocenters. The van der Waals surface area contributed by atoms with E-state index >= 15 is 0 Å². The zero-order valence-corrected chi connectivity index (χ0v) is 21.9. The van der Waals surface area contributed by atoms with Crippen LogP contribution in [0.1, 0.15) is 57.8 Å². The summed E-state index contributed by atoms with van der Waals surface area (Å²) in [6.45, 7) is 7.64. The van der Waals surface area contributed by atoms with E-state index in [-0.39, 0.29) is 25.0 Å². The van der Waals surface area contributed by atoms with Crippen molar-refractivity contribution >= 4 is 11.8 Å². The van der Waals surface area contributed by atoms with Gasteiger partial charge in [-0.2, -0.15) is 0 Å². The van der Waals surface area contributed by atoms with Gasteiger partial charge in [-0.15, -0.1) is 0 Å². The number of esters is 1. The lowest BCUT2D eigenvalue weighted by Gasteiger charge is -2.64. The third kappa shape index (κ3) is 4.16. The number of carbonyl (C=O) groups excluding carboxylic acids is 2. The molecule has 0 spiro atoms. The van der Waals surface area contributed by atoms with Crippen molar-refractivity contribution in [2.24, 2.45) is 16.7 Å². The number of benzene rings is 1. The first kappa shape index (κ1) is 27.9. The summed E-state index contributed by atoms with van der Waals surface area (Å²) in [6, 6.07) is 8.10. The third-order valence-corrected chi connectivity index (χ3v) is 9.05. The largest absolute Gasteiger partial charge is 0.455 e. The van der Waals surface area contributed by atoms with Crippen LogP contribution in [0.4, 0.5) is 0 Å². The fourth-order valence-corrected chi connectivity index (χ4v) is 6.64. The predicted octanol–water partition coefficient (Wildman–Crippen LogP) is 1.15. The summed E-state index contributed by atoms with van der Waals surface area (Å²) < 4.78 is 11.6. The molecule has 2 fully saturated rings. The van der Waals surface area contributed by atoms with Crippen LogP contribution in [0.3, 0.4) is 0 Å². The van der Waals surface area contributed by atoms with Crippen LogP contribution in [0.15, 0.2) is 42.0 Å². The van der Waals surface area contributed by atoms with Gasteiger partial charge in [-0.3, -0.25) is 4.79 Å². The topological polar surface area (TPSA) is 154 Å². The Morgan fingerprint density at radius 1 is 1.11 bits per heavy atom. The molecule has 5 N–H and O–H groups in total. The summed E-state index contributed by atoms with van der Waals surface area (Å²) in [5, 5.41) is 56.7. The van der Waals surface area contributed by atoms with Crippen LogP contribution >= 0.6 is 0 Å². The average molecular weight is 519 g/mol. The van der Waals surface area contributed by atoms with Crippen molar-refractivity contribution in [1.29, 1.82) is 0 Å². The number of aliphatic hydroxyl groups is 5. The number of carbonyl (C=O) groups is 2. The smallest absolute Gasteiger partial charge is 0.338 e. The standard InChI is InChI=1S/C28H38O9/c1-15-12-25(3,4)28(35,13-18(15)30)23(37-24(33)17-9-7-6-8-10-17)21-26(5,22(32)16(2)29)19(31)11-20-27(21,34)14-36-20/h6-10,12,16,18-21,23,29-31,34-35H,11,13-14H2,1-5H3/t16-,18+,19+,20-,21+,23+,26-,27+,28-/m1/s1. The molecule has 1 aromatic rings.